The molecule has 0 saturated carbocycles. The number of hydrogen-bond donors (Lipinski definition) is 1. The van der Waals surface area contributed by atoms with Crippen LogP contribution in [0, 0.1) is 5.92 Å². The van der Waals surface area contributed by atoms with E-state index in [2.05, 4.69) is 4.72 Å². The van der Waals surface area contributed by atoms with Gasteiger partial charge in [-0.05, 0) is 32.6 Å². The van der Waals surface area contributed by atoms with Crippen molar-refractivity contribution in [3.8, 4) is 0 Å². The number of nitrogens with one attached hydrogen (secondary N) is 1. The van der Waals surface area contributed by atoms with Crippen LogP contribution in [-0.2, 0) is 10.0 Å². The SMILES string of the molecule is CC(C)CCS(=O)(=O)NC(C)CC(C)Cl. The number of sulfonamides is 1. The van der Waals surface area contributed by atoms with Crippen LogP contribution in [0.2, 0.25) is 0 Å². The molecule has 2 unspecified atom stereocenters. The molecule has 0 rings (SSSR count). The molecule has 3 nitrogen and oxygen atoms in total. The first-order valence-electron chi connectivity index (χ1n) is 5.37. The summed E-state index contributed by atoms with van der Waals surface area (Å²) in [6.45, 7) is 7.73. The summed E-state index contributed by atoms with van der Waals surface area (Å²) in [4.78, 5) is 0. The first kappa shape index (κ1) is 15.2. The van der Waals surface area contributed by atoms with Gasteiger partial charge in [-0.1, -0.05) is 13.8 Å². The third-order valence-corrected chi connectivity index (χ3v) is 3.74. The topological polar surface area (TPSA) is 46.2 Å². The standard InChI is InChI=1S/C10H22ClNO2S/c1-8(2)5-6-15(13,14)12-10(4)7-9(3)11/h8-10,12H,5-7H2,1-4H3. The maximum absolute atomic E-state index is 11.6. The summed E-state index contributed by atoms with van der Waals surface area (Å²) in [5, 5.41) is -0.00667. The second-order valence-electron chi connectivity index (χ2n) is 4.54. The molecule has 15 heavy (non-hydrogen) atoms. The van der Waals surface area contributed by atoms with Crippen molar-refractivity contribution in [2.45, 2.75) is 52.0 Å². The Balaban J connectivity index is 4.02. The Hall–Kier alpha value is 0.200. The van der Waals surface area contributed by atoms with Gasteiger partial charge >= 0.3 is 0 Å². The molecule has 0 aliphatic rings. The fourth-order valence-corrected chi connectivity index (χ4v) is 3.17. The van der Waals surface area contributed by atoms with Gasteiger partial charge in [-0.2, -0.15) is 0 Å². The lowest BCUT2D eigenvalue weighted by Crippen LogP contribution is -2.35. The smallest absolute Gasteiger partial charge is 0.211 e. The highest BCUT2D eigenvalue weighted by Gasteiger charge is 2.15. The Morgan fingerprint density at radius 2 is 1.73 bits per heavy atom. The fourth-order valence-electron chi connectivity index (χ4n) is 1.29. The lowest BCUT2D eigenvalue weighted by Gasteiger charge is -2.15. The van der Waals surface area contributed by atoms with Crippen molar-refractivity contribution in [3.05, 3.63) is 0 Å². The highest BCUT2D eigenvalue weighted by molar-refractivity contribution is 7.89. The molecule has 0 aliphatic carbocycles. The van der Waals surface area contributed by atoms with Gasteiger partial charge in [0.2, 0.25) is 10.0 Å². The van der Waals surface area contributed by atoms with Crippen molar-refractivity contribution in [2.24, 2.45) is 5.92 Å². The summed E-state index contributed by atoms with van der Waals surface area (Å²) in [7, 11) is -3.13. The van der Waals surface area contributed by atoms with E-state index < -0.39 is 10.0 Å². The Morgan fingerprint density at radius 3 is 2.13 bits per heavy atom. The number of halogens is 1. The molecule has 0 aromatic carbocycles. The van der Waals surface area contributed by atoms with Gasteiger partial charge in [0.1, 0.15) is 0 Å². The molecule has 1 N–H and O–H groups in total. The van der Waals surface area contributed by atoms with Crippen molar-refractivity contribution in [1.29, 1.82) is 0 Å². The van der Waals surface area contributed by atoms with Crippen LogP contribution in [-0.4, -0.2) is 25.6 Å². The van der Waals surface area contributed by atoms with Gasteiger partial charge in [0.25, 0.3) is 0 Å². The summed E-state index contributed by atoms with van der Waals surface area (Å²) >= 11 is 5.79. The first-order chi connectivity index (χ1) is 6.73. The monoisotopic (exact) mass is 255 g/mol. The summed E-state index contributed by atoms with van der Waals surface area (Å²) < 4.78 is 25.8. The Labute approximate surface area is 98.6 Å². The zero-order valence-electron chi connectivity index (χ0n) is 9.96. The average molecular weight is 256 g/mol. The molecule has 0 radical (unpaired) electrons. The van der Waals surface area contributed by atoms with Crippen LogP contribution in [0.5, 0.6) is 0 Å². The minimum atomic E-state index is -3.13. The molecule has 0 aromatic heterocycles. The van der Waals surface area contributed by atoms with Crippen molar-refractivity contribution >= 4 is 21.6 Å². The van der Waals surface area contributed by atoms with Gasteiger partial charge in [-0.15, -0.1) is 11.6 Å². The van der Waals surface area contributed by atoms with E-state index in [9.17, 15) is 8.42 Å². The minimum absolute atomic E-state index is 0.00667. The molecule has 0 bridgehead atoms. The molecule has 5 heteroatoms. The van der Waals surface area contributed by atoms with Crippen LogP contribution >= 0.6 is 11.6 Å². The van der Waals surface area contributed by atoms with E-state index in [-0.39, 0.29) is 17.2 Å². The quantitative estimate of drug-likeness (QED) is 0.710. The van der Waals surface area contributed by atoms with Gasteiger partial charge in [-0.25, -0.2) is 13.1 Å². The van der Waals surface area contributed by atoms with Gasteiger partial charge in [0, 0.05) is 11.4 Å². The third kappa shape index (κ3) is 9.15. The molecule has 0 amide bonds. The number of hydrogen-bond acceptors (Lipinski definition) is 2. The molecular formula is C10H22ClNO2S. The molecule has 0 aliphatic heterocycles. The van der Waals surface area contributed by atoms with Gasteiger partial charge < -0.3 is 0 Å². The van der Waals surface area contributed by atoms with Crippen molar-refractivity contribution < 1.29 is 8.42 Å². The third-order valence-electron chi connectivity index (χ3n) is 2.02. The molecular weight excluding hydrogens is 234 g/mol. The van der Waals surface area contributed by atoms with Crippen LogP contribution < -0.4 is 4.72 Å². The fraction of sp³-hybridized carbons (Fsp3) is 1.00. The van der Waals surface area contributed by atoms with E-state index in [0.29, 0.717) is 18.8 Å². The lowest BCUT2D eigenvalue weighted by atomic mass is 10.2. The normalized spacial score (nSPS) is 16.7. The van der Waals surface area contributed by atoms with E-state index in [0.717, 1.165) is 0 Å². The zero-order valence-corrected chi connectivity index (χ0v) is 11.5. The highest BCUT2D eigenvalue weighted by atomic mass is 35.5. The van der Waals surface area contributed by atoms with Gasteiger partial charge in [-0.3, -0.25) is 0 Å². The van der Waals surface area contributed by atoms with Crippen molar-refractivity contribution in [2.75, 3.05) is 5.75 Å². The molecule has 0 spiro atoms. The summed E-state index contributed by atoms with van der Waals surface area (Å²) in [6, 6.07) is -0.0883. The summed E-state index contributed by atoms with van der Waals surface area (Å²) in [6.07, 6.45) is 1.35. The van der Waals surface area contributed by atoms with E-state index in [1.807, 2.05) is 27.7 Å². The van der Waals surface area contributed by atoms with Crippen LogP contribution in [0.3, 0.4) is 0 Å². The first-order valence-corrected chi connectivity index (χ1v) is 7.46. The highest BCUT2D eigenvalue weighted by Crippen LogP contribution is 2.07. The van der Waals surface area contributed by atoms with Gasteiger partial charge in [0.15, 0.2) is 0 Å². The zero-order chi connectivity index (χ0) is 12.1. The average Bonchev–Trinajstić information content (AvgIpc) is 1.98. The van der Waals surface area contributed by atoms with E-state index in [1.165, 1.54) is 0 Å². The summed E-state index contributed by atoms with van der Waals surface area (Å²) in [5.74, 6) is 0.606. The Bertz CT molecular complexity index is 263. The van der Waals surface area contributed by atoms with Crippen LogP contribution in [0.4, 0.5) is 0 Å². The molecule has 0 aromatic rings. The van der Waals surface area contributed by atoms with Crippen LogP contribution in [0.1, 0.15) is 40.5 Å². The Morgan fingerprint density at radius 1 is 1.20 bits per heavy atom. The largest absolute Gasteiger partial charge is 0.212 e. The number of alkyl halides is 1. The molecule has 92 valence electrons. The van der Waals surface area contributed by atoms with E-state index in [4.69, 9.17) is 11.6 Å². The lowest BCUT2D eigenvalue weighted by molar-refractivity contribution is 0.534. The van der Waals surface area contributed by atoms with E-state index in [1.54, 1.807) is 0 Å². The molecule has 0 fully saturated rings. The molecule has 2 atom stereocenters. The van der Waals surface area contributed by atoms with Crippen LogP contribution in [0.15, 0.2) is 0 Å². The second-order valence-corrected chi connectivity index (χ2v) is 7.16. The predicted molar refractivity (Wildman–Crippen MR) is 65.8 cm³/mol. The van der Waals surface area contributed by atoms with Gasteiger partial charge in [0.05, 0.1) is 5.75 Å². The maximum Gasteiger partial charge on any atom is 0.211 e. The maximum atomic E-state index is 11.6. The molecule has 0 heterocycles. The summed E-state index contributed by atoms with van der Waals surface area (Å²) in [5.41, 5.74) is 0. The van der Waals surface area contributed by atoms with Crippen molar-refractivity contribution in [3.63, 3.8) is 0 Å². The Kier molecular flexibility index (Phi) is 6.80. The van der Waals surface area contributed by atoms with Crippen molar-refractivity contribution in [1.82, 2.24) is 4.72 Å². The molecule has 0 saturated heterocycles. The van der Waals surface area contributed by atoms with E-state index >= 15 is 0 Å². The van der Waals surface area contributed by atoms with Crippen LogP contribution in [0.25, 0.3) is 0 Å². The predicted octanol–water partition coefficient (Wildman–Crippen LogP) is 2.36. The second kappa shape index (κ2) is 6.71. The minimum Gasteiger partial charge on any atom is -0.212 e. The number of rotatable bonds is 7.